The Hall–Kier alpha value is -2.29. The average molecular weight is 270 g/mol. The predicted octanol–water partition coefficient (Wildman–Crippen LogP) is 3.62. The van der Waals surface area contributed by atoms with Crippen molar-refractivity contribution in [2.45, 2.75) is 19.8 Å². The highest BCUT2D eigenvalue weighted by Crippen LogP contribution is 2.14. The van der Waals surface area contributed by atoms with Gasteiger partial charge >= 0.3 is 5.97 Å². The molecule has 0 unspecified atom stereocenters. The molecular weight excluding hydrogens is 252 g/mol. The van der Waals surface area contributed by atoms with E-state index < -0.39 is 5.97 Å². The lowest BCUT2D eigenvalue weighted by Gasteiger charge is -2.07. The van der Waals surface area contributed by atoms with Crippen LogP contribution in [-0.2, 0) is 11.2 Å². The van der Waals surface area contributed by atoms with Crippen LogP contribution >= 0.6 is 0 Å². The molecule has 0 amide bonds. The Labute approximate surface area is 119 Å². The van der Waals surface area contributed by atoms with E-state index in [-0.39, 0.29) is 6.61 Å². The van der Waals surface area contributed by atoms with Gasteiger partial charge in [-0.1, -0.05) is 43.7 Å². The zero-order valence-corrected chi connectivity index (χ0v) is 11.5. The number of para-hydroxylation sites is 1. The van der Waals surface area contributed by atoms with Crippen LogP contribution in [0.5, 0.6) is 11.5 Å². The highest BCUT2D eigenvalue weighted by Gasteiger charge is 2.05. The molecule has 0 N–H and O–H groups in total. The molecule has 0 atom stereocenters. The smallest absolute Gasteiger partial charge is 0.349 e. The standard InChI is InChI=1S/C17H18O3/c1-2-6-14-9-11-15(12-10-14)19-13-17(18)20-16-7-4-3-5-8-16/h3-5,7-12H,2,6,13H2,1H3. The quantitative estimate of drug-likeness (QED) is 0.594. The van der Waals surface area contributed by atoms with E-state index in [1.54, 1.807) is 12.1 Å². The first kappa shape index (κ1) is 14.1. The number of hydrogen-bond donors (Lipinski definition) is 0. The first-order valence-electron chi connectivity index (χ1n) is 6.75. The normalized spacial score (nSPS) is 10.1. The van der Waals surface area contributed by atoms with Crippen LogP contribution in [0.4, 0.5) is 0 Å². The molecule has 3 nitrogen and oxygen atoms in total. The fourth-order valence-electron chi connectivity index (χ4n) is 1.83. The van der Waals surface area contributed by atoms with Gasteiger partial charge in [0.15, 0.2) is 6.61 Å². The lowest BCUT2D eigenvalue weighted by Crippen LogP contribution is -2.17. The van der Waals surface area contributed by atoms with Gasteiger partial charge in [0.05, 0.1) is 0 Å². The monoisotopic (exact) mass is 270 g/mol. The first-order valence-corrected chi connectivity index (χ1v) is 6.75. The molecule has 0 aromatic heterocycles. The van der Waals surface area contributed by atoms with Crippen molar-refractivity contribution in [1.29, 1.82) is 0 Å². The van der Waals surface area contributed by atoms with E-state index in [1.165, 1.54) is 5.56 Å². The molecule has 0 saturated carbocycles. The lowest BCUT2D eigenvalue weighted by molar-refractivity contribution is -0.136. The van der Waals surface area contributed by atoms with E-state index in [9.17, 15) is 4.79 Å². The Balaban J connectivity index is 1.81. The van der Waals surface area contributed by atoms with Crippen LogP contribution < -0.4 is 9.47 Å². The van der Waals surface area contributed by atoms with Gasteiger partial charge in [0.2, 0.25) is 0 Å². The summed E-state index contributed by atoms with van der Waals surface area (Å²) in [5.41, 5.74) is 1.27. The second-order valence-corrected chi connectivity index (χ2v) is 4.47. The Morgan fingerprint density at radius 1 is 0.950 bits per heavy atom. The second-order valence-electron chi connectivity index (χ2n) is 4.47. The Morgan fingerprint density at radius 3 is 2.30 bits per heavy atom. The Kier molecular flexibility index (Phi) is 5.18. The van der Waals surface area contributed by atoms with Gasteiger partial charge in [0.25, 0.3) is 0 Å². The van der Waals surface area contributed by atoms with Gasteiger partial charge in [-0.05, 0) is 36.2 Å². The minimum Gasteiger partial charge on any atom is -0.482 e. The molecule has 2 aromatic rings. The van der Waals surface area contributed by atoms with E-state index in [1.807, 2.05) is 42.5 Å². The van der Waals surface area contributed by atoms with Crippen LogP contribution in [0.2, 0.25) is 0 Å². The van der Waals surface area contributed by atoms with E-state index in [0.717, 1.165) is 12.8 Å². The van der Waals surface area contributed by atoms with Gasteiger partial charge < -0.3 is 9.47 Å². The van der Waals surface area contributed by atoms with Gasteiger partial charge in [0.1, 0.15) is 11.5 Å². The van der Waals surface area contributed by atoms with E-state index in [4.69, 9.17) is 9.47 Å². The van der Waals surface area contributed by atoms with Crippen LogP contribution in [0.15, 0.2) is 54.6 Å². The zero-order chi connectivity index (χ0) is 14.2. The summed E-state index contributed by atoms with van der Waals surface area (Å²) in [5, 5.41) is 0. The summed E-state index contributed by atoms with van der Waals surface area (Å²) in [6.45, 7) is 2.05. The minimum absolute atomic E-state index is 0.0952. The van der Waals surface area contributed by atoms with Gasteiger partial charge in [-0.25, -0.2) is 4.79 Å². The molecule has 20 heavy (non-hydrogen) atoms. The SMILES string of the molecule is CCCc1ccc(OCC(=O)Oc2ccccc2)cc1. The van der Waals surface area contributed by atoms with Crippen molar-refractivity contribution in [2.24, 2.45) is 0 Å². The molecule has 0 heterocycles. The average Bonchev–Trinajstić information content (AvgIpc) is 2.48. The number of rotatable bonds is 6. The van der Waals surface area contributed by atoms with Crippen molar-refractivity contribution in [3.63, 3.8) is 0 Å². The largest absolute Gasteiger partial charge is 0.482 e. The van der Waals surface area contributed by atoms with Crippen molar-refractivity contribution < 1.29 is 14.3 Å². The molecule has 2 rings (SSSR count). The molecule has 104 valence electrons. The first-order chi connectivity index (χ1) is 9.78. The van der Waals surface area contributed by atoms with Crippen molar-refractivity contribution >= 4 is 5.97 Å². The Morgan fingerprint density at radius 2 is 1.65 bits per heavy atom. The number of ether oxygens (including phenoxy) is 2. The molecule has 2 aromatic carbocycles. The number of aryl methyl sites for hydroxylation is 1. The van der Waals surface area contributed by atoms with Crippen LogP contribution in [0, 0.1) is 0 Å². The lowest BCUT2D eigenvalue weighted by atomic mass is 10.1. The number of hydrogen-bond acceptors (Lipinski definition) is 3. The van der Waals surface area contributed by atoms with Gasteiger partial charge in [0, 0.05) is 0 Å². The maximum absolute atomic E-state index is 11.6. The Bertz CT molecular complexity index is 532. The summed E-state index contributed by atoms with van der Waals surface area (Å²) in [5.74, 6) is 0.795. The van der Waals surface area contributed by atoms with Crippen LogP contribution in [0.3, 0.4) is 0 Å². The number of esters is 1. The van der Waals surface area contributed by atoms with Crippen molar-refractivity contribution in [1.82, 2.24) is 0 Å². The summed E-state index contributed by atoms with van der Waals surface area (Å²) in [6.07, 6.45) is 2.17. The zero-order valence-electron chi connectivity index (χ0n) is 11.5. The highest BCUT2D eigenvalue weighted by atomic mass is 16.6. The summed E-state index contributed by atoms with van der Waals surface area (Å²) in [4.78, 5) is 11.6. The fraction of sp³-hybridized carbons (Fsp3) is 0.235. The predicted molar refractivity (Wildman–Crippen MR) is 78.0 cm³/mol. The summed E-state index contributed by atoms with van der Waals surface area (Å²) in [7, 11) is 0. The van der Waals surface area contributed by atoms with Crippen LogP contribution in [-0.4, -0.2) is 12.6 Å². The third-order valence-corrected chi connectivity index (χ3v) is 2.79. The molecule has 0 bridgehead atoms. The van der Waals surface area contributed by atoms with Crippen molar-refractivity contribution in [2.75, 3.05) is 6.61 Å². The molecule has 0 aliphatic carbocycles. The molecule has 0 radical (unpaired) electrons. The number of carbonyl (C=O) groups is 1. The molecular formula is C17H18O3. The third kappa shape index (κ3) is 4.43. The topological polar surface area (TPSA) is 35.5 Å². The van der Waals surface area contributed by atoms with Crippen molar-refractivity contribution in [3.8, 4) is 11.5 Å². The van der Waals surface area contributed by atoms with Crippen molar-refractivity contribution in [3.05, 3.63) is 60.2 Å². The van der Waals surface area contributed by atoms with Gasteiger partial charge in [-0.15, -0.1) is 0 Å². The number of carbonyl (C=O) groups excluding carboxylic acids is 1. The van der Waals surface area contributed by atoms with Gasteiger partial charge in [-0.3, -0.25) is 0 Å². The van der Waals surface area contributed by atoms with E-state index in [0.29, 0.717) is 11.5 Å². The van der Waals surface area contributed by atoms with E-state index >= 15 is 0 Å². The summed E-state index contributed by atoms with van der Waals surface area (Å²) >= 11 is 0. The minimum atomic E-state index is -0.408. The molecule has 0 fully saturated rings. The van der Waals surface area contributed by atoms with E-state index in [2.05, 4.69) is 6.92 Å². The van der Waals surface area contributed by atoms with Crippen LogP contribution in [0.25, 0.3) is 0 Å². The molecule has 0 saturated heterocycles. The molecule has 0 aliphatic heterocycles. The van der Waals surface area contributed by atoms with Crippen LogP contribution in [0.1, 0.15) is 18.9 Å². The fourth-order valence-corrected chi connectivity index (χ4v) is 1.83. The maximum Gasteiger partial charge on any atom is 0.349 e. The maximum atomic E-state index is 11.6. The summed E-state index contributed by atoms with van der Waals surface area (Å²) < 4.78 is 10.5. The second kappa shape index (κ2) is 7.34. The highest BCUT2D eigenvalue weighted by molar-refractivity contribution is 5.73. The molecule has 3 heteroatoms. The van der Waals surface area contributed by atoms with Gasteiger partial charge in [-0.2, -0.15) is 0 Å². The number of benzene rings is 2. The third-order valence-electron chi connectivity index (χ3n) is 2.79. The summed E-state index contributed by atoms with van der Waals surface area (Å²) in [6, 6.07) is 16.7. The molecule has 0 spiro atoms. The molecule has 0 aliphatic rings.